The normalized spacial score (nSPS) is 12.6. The van der Waals surface area contributed by atoms with Crippen molar-refractivity contribution in [2.24, 2.45) is 0 Å². The van der Waals surface area contributed by atoms with Crippen LogP contribution in [0.15, 0.2) is 0 Å². The van der Waals surface area contributed by atoms with Crippen LogP contribution in [0.5, 0.6) is 0 Å². The van der Waals surface area contributed by atoms with E-state index in [-0.39, 0.29) is 0 Å². The fourth-order valence-electron chi connectivity index (χ4n) is 2.24. The molecule has 0 spiro atoms. The van der Waals surface area contributed by atoms with Crippen molar-refractivity contribution in [3.8, 4) is 0 Å². The molecule has 0 aliphatic carbocycles. The highest BCUT2D eigenvalue weighted by Crippen LogP contribution is 2.18. The highest BCUT2D eigenvalue weighted by molar-refractivity contribution is 6.74. The number of hydrogen-bond acceptors (Lipinski definition) is 3. The predicted molar refractivity (Wildman–Crippen MR) is 92.5 cm³/mol. The smallest absolute Gasteiger partial charge is 0.416 e. The lowest BCUT2D eigenvalue weighted by molar-refractivity contribution is 0.252. The third kappa shape index (κ3) is 12.3. The molecule has 2 radical (unpaired) electrons. The van der Waals surface area contributed by atoms with E-state index in [9.17, 15) is 4.80 Å². The zero-order valence-electron chi connectivity index (χ0n) is 14.1. The van der Waals surface area contributed by atoms with Crippen molar-refractivity contribution in [2.75, 3.05) is 0 Å². The van der Waals surface area contributed by atoms with Crippen LogP contribution in [0.3, 0.4) is 0 Å². The van der Waals surface area contributed by atoms with Gasteiger partial charge in [0.1, 0.15) is 0 Å². The fraction of sp³-hybridized carbons (Fsp3) is 1.00. The van der Waals surface area contributed by atoms with Gasteiger partial charge in [0.25, 0.3) is 0 Å². The lowest BCUT2D eigenvalue weighted by Gasteiger charge is -2.28. The summed E-state index contributed by atoms with van der Waals surface area (Å²) in [6.07, 6.45) is 10.2. The maximum atomic E-state index is 10.6. The van der Waals surface area contributed by atoms with Gasteiger partial charge in [-0.15, -0.1) is 0 Å². The summed E-state index contributed by atoms with van der Waals surface area (Å²) >= 11 is 0. The summed E-state index contributed by atoms with van der Waals surface area (Å²) in [4.78, 5) is 10.6. The lowest BCUT2D eigenvalue weighted by Crippen LogP contribution is -2.48. The largest absolute Gasteiger partial charge is 0.477 e. The Hall–Kier alpha value is 0.531. The van der Waals surface area contributed by atoms with E-state index in [1.165, 1.54) is 44.9 Å². The molecule has 3 nitrogen and oxygen atoms in total. The average Bonchev–Trinajstić information content (AvgIpc) is 2.30. The second-order valence-electron chi connectivity index (χ2n) is 5.96. The minimum absolute atomic E-state index is 0.744. The molecule has 0 saturated heterocycles. The average molecular weight is 335 g/mol. The van der Waals surface area contributed by atoms with Gasteiger partial charge in [-0.25, -0.2) is 0 Å². The molecular weight excluding hydrogens is 300 g/mol. The predicted octanol–water partition coefficient (Wildman–Crippen LogP) is 4.59. The molecule has 0 unspecified atom stereocenters. The van der Waals surface area contributed by atoms with Gasteiger partial charge in [-0.1, -0.05) is 51.9 Å². The Morgan fingerprint density at radius 1 is 0.750 bits per heavy atom. The van der Waals surface area contributed by atoms with Crippen LogP contribution in [0, 0.1) is 0 Å². The van der Waals surface area contributed by atoms with Crippen molar-refractivity contribution in [1.82, 2.24) is 0 Å². The molecule has 0 atom stereocenters. The molecule has 0 rings (SSSR count). The van der Waals surface area contributed by atoms with Crippen LogP contribution in [-0.4, -0.2) is 31.7 Å². The molecule has 0 saturated carbocycles. The van der Waals surface area contributed by atoms with E-state index in [0.717, 1.165) is 12.5 Å². The summed E-state index contributed by atoms with van der Waals surface area (Å²) in [6.45, 7) is 10.5. The molecule has 1 N–H and O–H groups in total. The molecule has 0 aromatic rings. The van der Waals surface area contributed by atoms with Crippen molar-refractivity contribution < 1.29 is 13.0 Å². The van der Waals surface area contributed by atoms with Gasteiger partial charge in [-0.05, 0) is 32.6 Å². The first-order valence-corrected chi connectivity index (χ1v) is 14.9. The van der Waals surface area contributed by atoms with E-state index in [0.29, 0.717) is 0 Å². The van der Waals surface area contributed by atoms with Crippen LogP contribution in [0.1, 0.15) is 58.3 Å². The van der Waals surface area contributed by atoms with Crippen LogP contribution >= 0.6 is 0 Å². The Morgan fingerprint density at radius 3 is 1.55 bits per heavy atom. The SMILES string of the molecule is CCCCCCCCCC[Si](O)(O[Si](C)C)O[Si](C)C. The standard InChI is InChI=1S/C14H34O3Si3/c1-6-7-8-9-10-11-12-13-14-20(15,16-18(2)3)17-19(4)5/h15H,6-14H2,1-5H3. The maximum absolute atomic E-state index is 10.6. The second-order valence-corrected chi connectivity index (χ2v) is 13.1. The monoisotopic (exact) mass is 334 g/mol. The lowest BCUT2D eigenvalue weighted by atomic mass is 10.1. The summed E-state index contributed by atoms with van der Waals surface area (Å²) < 4.78 is 11.6. The molecule has 0 aliphatic rings. The quantitative estimate of drug-likeness (QED) is 0.395. The molecule has 0 aliphatic heterocycles. The van der Waals surface area contributed by atoms with Crippen molar-refractivity contribution in [1.29, 1.82) is 0 Å². The molecule has 0 bridgehead atoms. The maximum Gasteiger partial charge on any atom is 0.477 e. The summed E-state index contributed by atoms with van der Waals surface area (Å²) in [5.74, 6) is 0. The van der Waals surface area contributed by atoms with Crippen LogP contribution in [0.4, 0.5) is 0 Å². The molecular formula is C14H34O3Si3. The Morgan fingerprint density at radius 2 is 1.15 bits per heavy atom. The number of rotatable bonds is 13. The van der Waals surface area contributed by atoms with Gasteiger partial charge < -0.3 is 13.0 Å². The van der Waals surface area contributed by atoms with Crippen molar-refractivity contribution in [3.63, 3.8) is 0 Å². The van der Waals surface area contributed by atoms with Gasteiger partial charge in [-0.3, -0.25) is 0 Å². The summed E-state index contributed by atoms with van der Waals surface area (Å²) in [5, 5.41) is 0. The molecule has 0 heterocycles. The van der Waals surface area contributed by atoms with Crippen molar-refractivity contribution >= 4 is 26.9 Å². The van der Waals surface area contributed by atoms with Gasteiger partial charge in [0, 0.05) is 6.04 Å². The molecule has 0 fully saturated rings. The van der Waals surface area contributed by atoms with E-state index in [1.54, 1.807) is 0 Å². The first-order valence-electron chi connectivity index (χ1n) is 8.10. The van der Waals surface area contributed by atoms with Gasteiger partial charge in [-0.2, -0.15) is 0 Å². The first kappa shape index (κ1) is 20.5. The third-order valence-electron chi connectivity index (χ3n) is 3.07. The Balaban J connectivity index is 3.79. The second kappa shape index (κ2) is 12.1. The molecule has 0 aromatic carbocycles. The van der Waals surface area contributed by atoms with E-state index >= 15 is 0 Å². The number of hydrogen-bond donors (Lipinski definition) is 1. The van der Waals surface area contributed by atoms with Crippen molar-refractivity contribution in [3.05, 3.63) is 0 Å². The number of unbranched alkanes of at least 4 members (excludes halogenated alkanes) is 7. The highest BCUT2D eigenvalue weighted by Gasteiger charge is 2.37. The van der Waals surface area contributed by atoms with Gasteiger partial charge in [0.15, 0.2) is 18.1 Å². The fourth-order valence-corrected chi connectivity index (χ4v) is 9.40. The minimum atomic E-state index is -2.87. The summed E-state index contributed by atoms with van der Waals surface area (Å²) in [7, 11) is -4.65. The van der Waals surface area contributed by atoms with E-state index in [2.05, 4.69) is 33.1 Å². The van der Waals surface area contributed by atoms with E-state index in [1.807, 2.05) is 0 Å². The molecule has 20 heavy (non-hydrogen) atoms. The van der Waals surface area contributed by atoms with E-state index < -0.39 is 26.9 Å². The topological polar surface area (TPSA) is 38.7 Å². The van der Waals surface area contributed by atoms with Crippen LogP contribution in [0.2, 0.25) is 32.2 Å². The highest BCUT2D eigenvalue weighted by atomic mass is 28.5. The Labute approximate surface area is 130 Å². The molecule has 0 amide bonds. The van der Waals surface area contributed by atoms with Gasteiger partial charge in [0.05, 0.1) is 0 Å². The minimum Gasteiger partial charge on any atom is -0.416 e. The van der Waals surface area contributed by atoms with Gasteiger partial charge in [0.2, 0.25) is 0 Å². The zero-order valence-corrected chi connectivity index (χ0v) is 17.1. The zero-order chi connectivity index (χ0) is 15.4. The molecule has 6 heteroatoms. The summed E-state index contributed by atoms with van der Waals surface area (Å²) in [5.41, 5.74) is 0. The van der Waals surface area contributed by atoms with Gasteiger partial charge >= 0.3 is 8.80 Å². The first-order chi connectivity index (χ1) is 9.39. The van der Waals surface area contributed by atoms with E-state index in [4.69, 9.17) is 8.23 Å². The van der Waals surface area contributed by atoms with Crippen LogP contribution in [-0.2, 0) is 8.23 Å². The third-order valence-corrected chi connectivity index (χ3v) is 9.88. The summed E-state index contributed by atoms with van der Waals surface area (Å²) in [6, 6.07) is 0.744. The Bertz CT molecular complexity index is 216. The Kier molecular flexibility index (Phi) is 12.4. The van der Waals surface area contributed by atoms with Crippen molar-refractivity contribution in [2.45, 2.75) is 90.5 Å². The van der Waals surface area contributed by atoms with Crippen LogP contribution in [0.25, 0.3) is 0 Å². The molecule has 0 aromatic heterocycles. The van der Waals surface area contributed by atoms with Crippen LogP contribution < -0.4 is 0 Å². The molecule has 120 valence electrons.